The molecule has 128 valence electrons. The van der Waals surface area contributed by atoms with Gasteiger partial charge in [-0.05, 0) is 38.1 Å². The molecule has 0 radical (unpaired) electrons. The highest BCUT2D eigenvalue weighted by Crippen LogP contribution is 2.19. The zero-order valence-electron chi connectivity index (χ0n) is 14.1. The summed E-state index contributed by atoms with van der Waals surface area (Å²) >= 11 is 0. The van der Waals surface area contributed by atoms with Crippen LogP contribution in [-0.4, -0.2) is 36.2 Å². The lowest BCUT2D eigenvalue weighted by Gasteiger charge is -2.36. The number of amides is 1. The van der Waals surface area contributed by atoms with Gasteiger partial charge in [0.05, 0.1) is 30.4 Å². The number of aromatic nitrogens is 1. The monoisotopic (exact) mass is 329 g/mol. The number of nitrogens with one attached hydrogen (secondary N) is 1. The van der Waals surface area contributed by atoms with E-state index < -0.39 is 0 Å². The number of carbonyl (C=O) groups is 1. The van der Waals surface area contributed by atoms with E-state index in [1.54, 1.807) is 12.5 Å². The molecule has 0 aromatic carbocycles. The van der Waals surface area contributed by atoms with Gasteiger partial charge in [-0.1, -0.05) is 0 Å². The van der Waals surface area contributed by atoms with Crippen molar-refractivity contribution in [1.29, 1.82) is 0 Å². The van der Waals surface area contributed by atoms with Crippen LogP contribution in [0.2, 0.25) is 0 Å². The van der Waals surface area contributed by atoms with E-state index in [2.05, 4.69) is 29.0 Å². The third-order valence-corrected chi connectivity index (χ3v) is 3.95. The van der Waals surface area contributed by atoms with E-state index in [9.17, 15) is 4.79 Å². The van der Waals surface area contributed by atoms with Gasteiger partial charge >= 0.3 is 0 Å². The Morgan fingerprint density at radius 2 is 2.08 bits per heavy atom. The minimum absolute atomic E-state index is 0.0467. The van der Waals surface area contributed by atoms with Crippen LogP contribution in [0.5, 0.6) is 0 Å². The van der Waals surface area contributed by atoms with Crippen molar-refractivity contribution in [2.75, 3.05) is 23.3 Å². The van der Waals surface area contributed by atoms with Crippen LogP contribution in [0.15, 0.2) is 41.1 Å². The van der Waals surface area contributed by atoms with Crippen LogP contribution in [0.1, 0.15) is 26.0 Å². The van der Waals surface area contributed by atoms with Crippen molar-refractivity contribution in [2.24, 2.45) is 0 Å². The number of hydrogen-bond acceptors (Lipinski definition) is 5. The summed E-state index contributed by atoms with van der Waals surface area (Å²) in [6.45, 7) is 5.78. The summed E-state index contributed by atoms with van der Waals surface area (Å²) in [4.78, 5) is 18.7. The smallest absolute Gasteiger partial charge is 0.224 e. The predicted octanol–water partition coefficient (Wildman–Crippen LogP) is 2.86. The molecule has 2 aromatic heterocycles. The molecule has 0 bridgehead atoms. The molecule has 3 heterocycles. The van der Waals surface area contributed by atoms with Gasteiger partial charge in [-0.25, -0.2) is 4.98 Å². The summed E-state index contributed by atoms with van der Waals surface area (Å²) < 4.78 is 11.0. The van der Waals surface area contributed by atoms with Crippen molar-refractivity contribution in [2.45, 2.75) is 38.9 Å². The van der Waals surface area contributed by atoms with Crippen LogP contribution in [0.3, 0.4) is 0 Å². The number of rotatable bonds is 5. The number of ether oxygens (including phenoxy) is 1. The second kappa shape index (κ2) is 7.49. The van der Waals surface area contributed by atoms with Gasteiger partial charge in [0.1, 0.15) is 11.6 Å². The molecule has 0 spiro atoms. The molecular formula is C18H23N3O3. The molecule has 3 rings (SSSR count). The normalized spacial score (nSPS) is 20.8. The Kier molecular flexibility index (Phi) is 5.15. The van der Waals surface area contributed by atoms with Crippen LogP contribution in [0.25, 0.3) is 0 Å². The van der Waals surface area contributed by atoms with Gasteiger partial charge in [-0.3, -0.25) is 4.79 Å². The zero-order valence-corrected chi connectivity index (χ0v) is 14.1. The zero-order chi connectivity index (χ0) is 16.9. The van der Waals surface area contributed by atoms with Gasteiger partial charge in [0.2, 0.25) is 5.91 Å². The molecule has 24 heavy (non-hydrogen) atoms. The summed E-state index contributed by atoms with van der Waals surface area (Å²) in [5, 5.41) is 2.87. The third kappa shape index (κ3) is 4.35. The SMILES string of the molecule is C[C@@H]1CN(c2ccc(NC(=O)CCc3ccco3)cn2)C[C@@H](C)O1. The Labute approximate surface area is 141 Å². The minimum Gasteiger partial charge on any atom is -0.469 e. The number of aryl methyl sites for hydroxylation is 1. The quantitative estimate of drug-likeness (QED) is 0.913. The number of carbonyl (C=O) groups excluding carboxylic acids is 1. The summed E-state index contributed by atoms with van der Waals surface area (Å²) in [5.41, 5.74) is 0.706. The minimum atomic E-state index is -0.0467. The molecule has 6 heteroatoms. The molecule has 2 aromatic rings. The molecule has 6 nitrogen and oxygen atoms in total. The highest BCUT2D eigenvalue weighted by molar-refractivity contribution is 5.90. The summed E-state index contributed by atoms with van der Waals surface area (Å²) in [6.07, 6.45) is 4.67. The number of pyridine rings is 1. The second-order valence-corrected chi connectivity index (χ2v) is 6.19. The Balaban J connectivity index is 1.53. The number of anilines is 2. The molecule has 1 saturated heterocycles. The lowest BCUT2D eigenvalue weighted by molar-refractivity contribution is -0.116. The van der Waals surface area contributed by atoms with Gasteiger partial charge in [-0.2, -0.15) is 0 Å². The highest BCUT2D eigenvalue weighted by atomic mass is 16.5. The van der Waals surface area contributed by atoms with E-state index in [0.29, 0.717) is 18.5 Å². The molecule has 2 atom stereocenters. The van der Waals surface area contributed by atoms with Gasteiger partial charge < -0.3 is 19.4 Å². The first-order valence-electron chi connectivity index (χ1n) is 8.29. The maximum absolute atomic E-state index is 12.0. The van der Waals surface area contributed by atoms with Gasteiger partial charge in [-0.15, -0.1) is 0 Å². The Morgan fingerprint density at radius 3 is 2.71 bits per heavy atom. The number of nitrogens with zero attached hydrogens (tertiary/aromatic N) is 2. The molecule has 0 aliphatic carbocycles. The summed E-state index contributed by atoms with van der Waals surface area (Å²) in [7, 11) is 0. The summed E-state index contributed by atoms with van der Waals surface area (Å²) in [6, 6.07) is 7.52. The largest absolute Gasteiger partial charge is 0.469 e. The fourth-order valence-electron chi connectivity index (χ4n) is 2.93. The topological polar surface area (TPSA) is 67.6 Å². The Hall–Kier alpha value is -2.34. The van der Waals surface area contributed by atoms with Crippen molar-refractivity contribution in [3.63, 3.8) is 0 Å². The number of morpholine rings is 1. The van der Waals surface area contributed by atoms with Crippen molar-refractivity contribution in [3.8, 4) is 0 Å². The molecular weight excluding hydrogens is 306 g/mol. The molecule has 1 aliphatic rings. The van der Waals surface area contributed by atoms with Crippen LogP contribution in [0, 0.1) is 0 Å². The lowest BCUT2D eigenvalue weighted by Crippen LogP contribution is -2.45. The average Bonchev–Trinajstić information content (AvgIpc) is 3.06. The molecule has 0 saturated carbocycles. The van der Waals surface area contributed by atoms with Gasteiger partial charge in [0.15, 0.2) is 0 Å². The van der Waals surface area contributed by atoms with E-state index in [-0.39, 0.29) is 18.1 Å². The first-order chi connectivity index (χ1) is 11.6. The van der Waals surface area contributed by atoms with Crippen molar-refractivity contribution in [1.82, 2.24) is 4.98 Å². The first kappa shape index (κ1) is 16.5. The van der Waals surface area contributed by atoms with E-state index >= 15 is 0 Å². The Bertz CT molecular complexity index is 645. The van der Waals surface area contributed by atoms with Crippen LogP contribution < -0.4 is 10.2 Å². The summed E-state index contributed by atoms with van der Waals surface area (Å²) in [5.74, 6) is 1.68. The van der Waals surface area contributed by atoms with E-state index in [4.69, 9.17) is 9.15 Å². The number of hydrogen-bond donors (Lipinski definition) is 1. The van der Waals surface area contributed by atoms with Crippen molar-refractivity contribution >= 4 is 17.4 Å². The molecule has 1 fully saturated rings. The third-order valence-electron chi connectivity index (χ3n) is 3.95. The first-order valence-corrected chi connectivity index (χ1v) is 8.29. The number of furan rings is 1. The van der Waals surface area contributed by atoms with Crippen LogP contribution in [0.4, 0.5) is 11.5 Å². The fourth-order valence-corrected chi connectivity index (χ4v) is 2.93. The van der Waals surface area contributed by atoms with Crippen LogP contribution in [-0.2, 0) is 16.0 Å². The van der Waals surface area contributed by atoms with Gasteiger partial charge in [0, 0.05) is 25.9 Å². The molecule has 0 unspecified atom stereocenters. The lowest BCUT2D eigenvalue weighted by atomic mass is 10.2. The maximum Gasteiger partial charge on any atom is 0.224 e. The molecule has 1 aliphatic heterocycles. The standard InChI is InChI=1S/C18H23N3O3/c1-13-11-21(12-14(2)24-13)17-7-5-15(10-19-17)20-18(22)8-6-16-4-3-9-23-16/h3-5,7,9-10,13-14H,6,8,11-12H2,1-2H3,(H,20,22)/t13-,14-/m1/s1. The fraction of sp³-hybridized carbons (Fsp3) is 0.444. The molecule has 1 amide bonds. The van der Waals surface area contributed by atoms with E-state index in [0.717, 1.165) is 24.7 Å². The molecule has 1 N–H and O–H groups in total. The average molecular weight is 329 g/mol. The van der Waals surface area contributed by atoms with Gasteiger partial charge in [0.25, 0.3) is 0 Å². The van der Waals surface area contributed by atoms with E-state index in [1.807, 2.05) is 24.3 Å². The van der Waals surface area contributed by atoms with Crippen LogP contribution >= 0.6 is 0 Å². The highest BCUT2D eigenvalue weighted by Gasteiger charge is 2.23. The van der Waals surface area contributed by atoms with Crippen molar-refractivity contribution in [3.05, 3.63) is 42.5 Å². The predicted molar refractivity (Wildman–Crippen MR) is 92.1 cm³/mol. The second-order valence-electron chi connectivity index (χ2n) is 6.19. The Morgan fingerprint density at radius 1 is 1.29 bits per heavy atom. The van der Waals surface area contributed by atoms with Crippen molar-refractivity contribution < 1.29 is 13.9 Å². The van der Waals surface area contributed by atoms with E-state index in [1.165, 1.54) is 0 Å². The maximum atomic E-state index is 12.0.